The maximum atomic E-state index is 10.5. The summed E-state index contributed by atoms with van der Waals surface area (Å²) in [6.07, 6.45) is 0.806. The van der Waals surface area contributed by atoms with Gasteiger partial charge in [-0.1, -0.05) is 27.7 Å². The third kappa shape index (κ3) is 69.9. The number of carbonyl (C=O) groups is 3. The van der Waals surface area contributed by atoms with E-state index in [4.69, 9.17) is 5.11 Å². The lowest BCUT2D eigenvalue weighted by Gasteiger charge is -2.06. The number of ether oxygens (including phenoxy) is 2. The van der Waals surface area contributed by atoms with Gasteiger partial charge in [-0.25, -0.2) is 36.6 Å². The van der Waals surface area contributed by atoms with Crippen molar-refractivity contribution in [3.63, 3.8) is 0 Å². The second-order valence-corrected chi connectivity index (χ2v) is 15.9. The van der Waals surface area contributed by atoms with E-state index in [1.807, 2.05) is 13.8 Å². The molecule has 0 saturated heterocycles. The third-order valence-corrected chi connectivity index (χ3v) is 6.37. The first-order valence-electron chi connectivity index (χ1n) is 13.8. The molecule has 0 spiro atoms. The molecule has 17 nitrogen and oxygen atoms in total. The van der Waals surface area contributed by atoms with Crippen molar-refractivity contribution >= 4 is 48.3 Å². The number of sulfonamides is 2. The van der Waals surface area contributed by atoms with Crippen molar-refractivity contribution in [3.05, 3.63) is 0 Å². The fourth-order valence-electron chi connectivity index (χ4n) is 1.40. The van der Waals surface area contributed by atoms with Crippen LogP contribution in [0.25, 0.3) is 0 Å². The number of nitrogens with two attached hydrogens (primary N) is 2. The molecule has 8 N–H and O–H groups in total. The Morgan fingerprint density at radius 1 is 0.711 bits per heavy atom. The van der Waals surface area contributed by atoms with Gasteiger partial charge in [0.2, 0.25) is 20.0 Å². The Hall–Kier alpha value is -2.10. The lowest BCUT2D eigenvalue weighted by molar-refractivity contribution is -0.144. The molecule has 1 amide bonds. The van der Waals surface area contributed by atoms with E-state index in [0.29, 0.717) is 6.61 Å². The summed E-state index contributed by atoms with van der Waals surface area (Å²) in [5.74, 6) is -1.12. The minimum atomic E-state index is -3.47. The van der Waals surface area contributed by atoms with Crippen LogP contribution in [0.3, 0.4) is 0 Å². The minimum absolute atomic E-state index is 0.00463. The van der Waals surface area contributed by atoms with E-state index in [1.54, 1.807) is 62.3 Å². The number of hydrogen-bond donors (Lipinski definition) is 6. The molecule has 0 fully saturated rings. The first-order chi connectivity index (χ1) is 19.8. The molecular formula is C25H61N5O12S3. The van der Waals surface area contributed by atoms with Crippen LogP contribution in [0.5, 0.6) is 0 Å². The number of esters is 1. The Morgan fingerprint density at radius 3 is 1.11 bits per heavy atom. The number of rotatable bonds is 9. The summed E-state index contributed by atoms with van der Waals surface area (Å²) in [7, 11) is -8.30. The van der Waals surface area contributed by atoms with Gasteiger partial charge in [-0.3, -0.25) is 9.59 Å². The van der Waals surface area contributed by atoms with Gasteiger partial charge in [-0.2, -0.15) is 13.1 Å². The molecule has 0 aliphatic heterocycles. The van der Waals surface area contributed by atoms with Crippen molar-refractivity contribution in [1.29, 1.82) is 0 Å². The molecule has 0 bridgehead atoms. The highest BCUT2D eigenvalue weighted by atomic mass is 32.2. The Labute approximate surface area is 272 Å². The first-order valence-corrected chi connectivity index (χ1v) is 18.8. The normalized spacial score (nSPS) is 10.9. The monoisotopic (exact) mass is 719 g/mol. The van der Waals surface area contributed by atoms with E-state index in [-0.39, 0.29) is 42.0 Å². The molecule has 0 rings (SSSR count). The number of aliphatic carboxylic acids is 1. The summed E-state index contributed by atoms with van der Waals surface area (Å²) in [5.41, 5.74) is 0. The van der Waals surface area contributed by atoms with E-state index < -0.39 is 41.5 Å². The van der Waals surface area contributed by atoms with Gasteiger partial charge in [0, 0.05) is 18.1 Å². The molecule has 45 heavy (non-hydrogen) atoms. The lowest BCUT2D eigenvalue weighted by atomic mass is 10.2. The Morgan fingerprint density at radius 2 is 1.04 bits per heavy atom. The SMILES string of the molecule is CC(C)C(=O)O.CC(C)NS(C)(=O)=O.CC(C)NS(N)(=O)=O.CC(C)S(N)(=O)=O.CCOC(=O)NC(C)C.COC(=O)C(C)C. The van der Waals surface area contributed by atoms with Crippen LogP contribution in [0.15, 0.2) is 0 Å². The maximum Gasteiger partial charge on any atom is 0.407 e. The minimum Gasteiger partial charge on any atom is -0.481 e. The molecule has 0 unspecified atom stereocenters. The summed E-state index contributed by atoms with van der Waals surface area (Å²) >= 11 is 0. The van der Waals surface area contributed by atoms with Gasteiger partial charge in [0.1, 0.15) is 0 Å². The van der Waals surface area contributed by atoms with Crippen LogP contribution in [-0.2, 0) is 49.3 Å². The summed E-state index contributed by atoms with van der Waals surface area (Å²) in [6, 6.07) is 0.0408. The number of carbonyl (C=O) groups excluding carboxylic acids is 2. The Kier molecular flexibility index (Phi) is 36.0. The van der Waals surface area contributed by atoms with Crippen LogP contribution in [0.4, 0.5) is 4.79 Å². The zero-order chi connectivity index (χ0) is 37.9. The maximum absolute atomic E-state index is 10.5. The number of nitrogens with one attached hydrogen (secondary N) is 3. The Balaban J connectivity index is -0.000000102. The van der Waals surface area contributed by atoms with Crippen LogP contribution in [0.1, 0.15) is 90.0 Å². The van der Waals surface area contributed by atoms with E-state index in [9.17, 15) is 39.6 Å². The van der Waals surface area contributed by atoms with Crippen LogP contribution in [-0.4, -0.2) is 91.7 Å². The molecule has 0 saturated carbocycles. The van der Waals surface area contributed by atoms with Gasteiger partial charge in [0.25, 0.3) is 10.2 Å². The van der Waals surface area contributed by atoms with Gasteiger partial charge in [0.15, 0.2) is 0 Å². The Bertz CT molecular complexity index is 1050. The molecule has 0 aliphatic carbocycles. The topological polar surface area (TPSA) is 280 Å². The largest absolute Gasteiger partial charge is 0.481 e. The molecule has 0 atom stereocenters. The highest BCUT2D eigenvalue weighted by Gasteiger charge is 2.06. The highest BCUT2D eigenvalue weighted by Crippen LogP contribution is 1.92. The van der Waals surface area contributed by atoms with Crippen molar-refractivity contribution in [2.24, 2.45) is 22.1 Å². The molecular weight excluding hydrogens is 658 g/mol. The number of alkyl carbamates (subject to hydrolysis) is 1. The molecule has 0 aliphatic rings. The van der Waals surface area contributed by atoms with Crippen molar-refractivity contribution < 1.29 is 54.2 Å². The van der Waals surface area contributed by atoms with E-state index in [1.165, 1.54) is 21.0 Å². The zero-order valence-corrected chi connectivity index (χ0v) is 31.9. The summed E-state index contributed by atoms with van der Waals surface area (Å²) in [5, 5.41) is 19.4. The summed E-state index contributed by atoms with van der Waals surface area (Å²) in [4.78, 5) is 30.5. The fourth-order valence-corrected chi connectivity index (χ4v) is 2.91. The van der Waals surface area contributed by atoms with Crippen molar-refractivity contribution in [2.45, 2.75) is 113 Å². The number of carboxylic acid groups (broad SMARTS) is 1. The van der Waals surface area contributed by atoms with Gasteiger partial charge in [0.05, 0.1) is 37.1 Å². The highest BCUT2D eigenvalue weighted by molar-refractivity contribution is 7.89. The van der Waals surface area contributed by atoms with E-state index >= 15 is 0 Å². The van der Waals surface area contributed by atoms with Crippen LogP contribution < -0.4 is 25.0 Å². The molecule has 0 radical (unpaired) electrons. The van der Waals surface area contributed by atoms with E-state index in [2.05, 4.69) is 34.5 Å². The standard InChI is InChI=1S/C6H13NO2.C5H10O2.C4H11NO2S.C4H8O2.C3H10N2O2S.C3H9NO2S/c1-4-9-6(8)7-5(2)3;1-4(2)5(6)7-3;1-4(2)5-8(3,6)7;1-3(2)4(5)6;1-3(2)5-8(4,6)7;1-3(2)7(4,5)6/h5H,4H2,1-3H3,(H,7,8);4H,1-3H3;4-5H,1-3H3;3H,1-2H3,(H,5,6);3,5H,1-2H3,(H2,4,6,7);3H,1-2H3,(H2,4,5,6). The molecule has 0 aromatic rings. The summed E-state index contributed by atoms with van der Waals surface area (Å²) in [6.45, 7) is 22.9. The van der Waals surface area contributed by atoms with Gasteiger partial charge < -0.3 is 19.9 Å². The van der Waals surface area contributed by atoms with Crippen molar-refractivity contribution in [2.75, 3.05) is 20.0 Å². The zero-order valence-electron chi connectivity index (χ0n) is 29.5. The van der Waals surface area contributed by atoms with Crippen molar-refractivity contribution in [3.8, 4) is 0 Å². The summed E-state index contributed by atoms with van der Waals surface area (Å²) < 4.78 is 74.6. The van der Waals surface area contributed by atoms with Crippen molar-refractivity contribution in [1.82, 2.24) is 14.8 Å². The second kappa shape index (κ2) is 29.3. The van der Waals surface area contributed by atoms with Crippen LogP contribution in [0.2, 0.25) is 0 Å². The predicted molar refractivity (Wildman–Crippen MR) is 177 cm³/mol. The first kappa shape index (κ1) is 55.3. The predicted octanol–water partition coefficient (Wildman–Crippen LogP) is 1.50. The van der Waals surface area contributed by atoms with E-state index in [0.717, 1.165) is 6.26 Å². The molecule has 20 heteroatoms. The molecule has 276 valence electrons. The smallest absolute Gasteiger partial charge is 0.407 e. The average Bonchev–Trinajstić information content (AvgIpc) is 2.76. The molecule has 0 aromatic heterocycles. The number of hydrogen-bond acceptors (Lipinski definition) is 11. The third-order valence-electron chi connectivity index (χ3n) is 3.36. The van der Waals surface area contributed by atoms with Crippen LogP contribution >= 0.6 is 0 Å². The average molecular weight is 720 g/mol. The number of methoxy groups -OCH3 is 1. The fraction of sp³-hybridized carbons (Fsp3) is 0.880. The molecule has 0 heterocycles. The number of carboxylic acids is 1. The number of primary sulfonamides is 1. The van der Waals surface area contributed by atoms with Crippen LogP contribution in [0, 0.1) is 11.8 Å². The number of amides is 1. The molecule has 0 aromatic carbocycles. The second-order valence-electron chi connectivity index (χ2n) is 10.7. The lowest BCUT2D eigenvalue weighted by Crippen LogP contribution is -2.35. The van der Waals surface area contributed by atoms with Gasteiger partial charge in [-0.05, 0) is 62.3 Å². The van der Waals surface area contributed by atoms with Gasteiger partial charge in [-0.15, -0.1) is 0 Å². The van der Waals surface area contributed by atoms with Gasteiger partial charge >= 0.3 is 18.0 Å². The quantitative estimate of drug-likeness (QED) is 0.185.